The maximum Gasteiger partial charge on any atom is 0.229 e. The second-order valence-electron chi connectivity index (χ2n) is 8.83. The molecular formula is C26H32N4O2. The van der Waals surface area contributed by atoms with Gasteiger partial charge in [0.05, 0.1) is 13.0 Å². The second kappa shape index (κ2) is 9.35. The molecule has 0 spiro atoms. The van der Waals surface area contributed by atoms with Crippen molar-refractivity contribution in [3.63, 3.8) is 0 Å². The molecule has 1 aromatic heterocycles. The van der Waals surface area contributed by atoms with Crippen molar-refractivity contribution in [1.29, 1.82) is 0 Å². The first-order valence-electron chi connectivity index (χ1n) is 11.7. The molecule has 0 aliphatic carbocycles. The molecule has 1 N–H and O–H groups in total. The number of aryl methyl sites for hydroxylation is 1. The van der Waals surface area contributed by atoms with Gasteiger partial charge in [-0.05, 0) is 42.7 Å². The number of amides is 1. The minimum absolute atomic E-state index is 0.168. The van der Waals surface area contributed by atoms with Gasteiger partial charge in [0, 0.05) is 74.3 Å². The van der Waals surface area contributed by atoms with Gasteiger partial charge in [0.2, 0.25) is 5.91 Å². The normalized spacial score (nSPS) is 19.3. The van der Waals surface area contributed by atoms with Gasteiger partial charge in [0.25, 0.3) is 0 Å². The first-order chi connectivity index (χ1) is 15.7. The SMILES string of the molecule is COCCC(=O)N1c2ccccc2CCC1CN1CCN(c2cccc3[nH]ccc23)CC1. The van der Waals surface area contributed by atoms with Crippen molar-refractivity contribution in [1.82, 2.24) is 9.88 Å². The highest BCUT2D eigenvalue weighted by molar-refractivity contribution is 5.95. The van der Waals surface area contributed by atoms with Gasteiger partial charge < -0.3 is 19.5 Å². The summed E-state index contributed by atoms with van der Waals surface area (Å²) in [7, 11) is 1.66. The molecule has 1 unspecified atom stereocenters. The van der Waals surface area contributed by atoms with Gasteiger partial charge in [-0.15, -0.1) is 0 Å². The number of benzene rings is 2. The number of nitrogens with zero attached hydrogens (tertiary/aromatic N) is 3. The Balaban J connectivity index is 1.27. The third-order valence-corrected chi connectivity index (χ3v) is 6.91. The average Bonchev–Trinajstić information content (AvgIpc) is 3.32. The predicted octanol–water partition coefficient (Wildman–Crippen LogP) is 3.67. The predicted molar refractivity (Wildman–Crippen MR) is 129 cm³/mol. The molecule has 0 radical (unpaired) electrons. The lowest BCUT2D eigenvalue weighted by Crippen LogP contribution is -2.54. The van der Waals surface area contributed by atoms with Crippen LogP contribution in [-0.2, 0) is 16.0 Å². The molecule has 3 aromatic rings. The molecule has 1 saturated heterocycles. The van der Waals surface area contributed by atoms with Crippen molar-refractivity contribution in [2.24, 2.45) is 0 Å². The molecule has 3 heterocycles. The zero-order valence-electron chi connectivity index (χ0n) is 18.8. The summed E-state index contributed by atoms with van der Waals surface area (Å²) in [5.41, 5.74) is 4.86. The van der Waals surface area contributed by atoms with Crippen molar-refractivity contribution >= 4 is 28.2 Å². The molecule has 2 aromatic carbocycles. The lowest BCUT2D eigenvalue weighted by molar-refractivity contribution is -0.120. The number of hydrogen-bond acceptors (Lipinski definition) is 4. The minimum atomic E-state index is 0.168. The van der Waals surface area contributed by atoms with E-state index in [0.717, 1.165) is 51.3 Å². The second-order valence-corrected chi connectivity index (χ2v) is 8.83. The Bertz CT molecular complexity index is 1070. The summed E-state index contributed by atoms with van der Waals surface area (Å²) in [4.78, 5) is 23.5. The maximum atomic E-state index is 13.1. The fourth-order valence-corrected chi connectivity index (χ4v) is 5.24. The largest absolute Gasteiger partial charge is 0.384 e. The number of aromatic amines is 1. The number of aromatic nitrogens is 1. The molecule has 2 aliphatic rings. The van der Waals surface area contributed by atoms with E-state index in [4.69, 9.17) is 4.74 Å². The van der Waals surface area contributed by atoms with E-state index < -0.39 is 0 Å². The molecule has 0 saturated carbocycles. The molecule has 32 heavy (non-hydrogen) atoms. The molecule has 5 rings (SSSR count). The van der Waals surface area contributed by atoms with E-state index in [9.17, 15) is 4.79 Å². The maximum absolute atomic E-state index is 13.1. The average molecular weight is 433 g/mol. The number of carbonyl (C=O) groups excluding carboxylic acids is 1. The van der Waals surface area contributed by atoms with E-state index >= 15 is 0 Å². The van der Waals surface area contributed by atoms with Crippen LogP contribution in [0.1, 0.15) is 18.4 Å². The summed E-state index contributed by atoms with van der Waals surface area (Å²) in [6, 6.07) is 17.2. The van der Waals surface area contributed by atoms with Crippen LogP contribution in [0, 0.1) is 0 Å². The van der Waals surface area contributed by atoms with Gasteiger partial charge in [-0.2, -0.15) is 0 Å². The molecule has 0 bridgehead atoms. The van der Waals surface area contributed by atoms with Crippen LogP contribution in [0.25, 0.3) is 10.9 Å². The van der Waals surface area contributed by atoms with Crippen LogP contribution in [0.5, 0.6) is 0 Å². The van der Waals surface area contributed by atoms with Crippen molar-refractivity contribution in [3.05, 3.63) is 60.3 Å². The summed E-state index contributed by atoms with van der Waals surface area (Å²) in [5, 5.41) is 1.29. The minimum Gasteiger partial charge on any atom is -0.384 e. The Morgan fingerprint density at radius 3 is 2.69 bits per heavy atom. The quantitative estimate of drug-likeness (QED) is 0.646. The van der Waals surface area contributed by atoms with E-state index in [0.29, 0.717) is 13.0 Å². The van der Waals surface area contributed by atoms with Crippen LogP contribution in [0.15, 0.2) is 54.7 Å². The molecule has 1 atom stereocenters. The lowest BCUT2D eigenvalue weighted by Gasteiger charge is -2.42. The molecule has 1 amide bonds. The van der Waals surface area contributed by atoms with Gasteiger partial charge in [0.15, 0.2) is 0 Å². The molecule has 2 aliphatic heterocycles. The number of piperazine rings is 1. The van der Waals surface area contributed by atoms with Crippen LogP contribution in [0.3, 0.4) is 0 Å². The number of rotatable bonds is 6. The third-order valence-electron chi connectivity index (χ3n) is 6.91. The van der Waals surface area contributed by atoms with Crippen LogP contribution < -0.4 is 9.80 Å². The highest BCUT2D eigenvalue weighted by atomic mass is 16.5. The fraction of sp³-hybridized carbons (Fsp3) is 0.423. The van der Waals surface area contributed by atoms with Gasteiger partial charge in [-0.3, -0.25) is 9.69 Å². The molecule has 1 fully saturated rings. The van der Waals surface area contributed by atoms with Crippen molar-refractivity contribution in [2.45, 2.75) is 25.3 Å². The standard InChI is InChI=1S/C26H32N4O2/c1-32-18-12-26(31)30-21(10-9-20-5-2-3-7-24(20)30)19-28-14-16-29(17-15-28)25-8-4-6-23-22(25)11-13-27-23/h2-8,11,13,21,27H,9-10,12,14-19H2,1H3. The highest BCUT2D eigenvalue weighted by Gasteiger charge is 2.32. The highest BCUT2D eigenvalue weighted by Crippen LogP contribution is 2.32. The molecular weight excluding hydrogens is 400 g/mol. The number of hydrogen-bond donors (Lipinski definition) is 1. The summed E-state index contributed by atoms with van der Waals surface area (Å²) in [5.74, 6) is 0.168. The van der Waals surface area contributed by atoms with Crippen LogP contribution in [0.2, 0.25) is 0 Å². The number of ether oxygens (including phenoxy) is 1. The van der Waals surface area contributed by atoms with Crippen molar-refractivity contribution in [2.75, 3.05) is 56.2 Å². The Labute approximate surface area is 189 Å². The zero-order valence-corrected chi connectivity index (χ0v) is 18.8. The summed E-state index contributed by atoms with van der Waals surface area (Å²) in [6.45, 7) is 5.43. The van der Waals surface area contributed by atoms with Gasteiger partial charge in [0.1, 0.15) is 0 Å². The van der Waals surface area contributed by atoms with Gasteiger partial charge in [-0.25, -0.2) is 0 Å². The Kier molecular flexibility index (Phi) is 6.14. The van der Waals surface area contributed by atoms with Gasteiger partial charge in [-0.1, -0.05) is 24.3 Å². The topological polar surface area (TPSA) is 51.8 Å². The van der Waals surface area contributed by atoms with E-state index in [-0.39, 0.29) is 11.9 Å². The van der Waals surface area contributed by atoms with Crippen LogP contribution >= 0.6 is 0 Å². The monoisotopic (exact) mass is 432 g/mol. The number of nitrogens with one attached hydrogen (secondary N) is 1. The Morgan fingerprint density at radius 2 is 1.84 bits per heavy atom. The Hall–Kier alpha value is -2.83. The van der Waals surface area contributed by atoms with Crippen molar-refractivity contribution < 1.29 is 9.53 Å². The first-order valence-corrected chi connectivity index (χ1v) is 11.7. The summed E-state index contributed by atoms with van der Waals surface area (Å²) in [6.07, 6.45) is 4.49. The summed E-state index contributed by atoms with van der Waals surface area (Å²) < 4.78 is 5.19. The van der Waals surface area contributed by atoms with E-state index in [1.807, 2.05) is 12.3 Å². The lowest BCUT2D eigenvalue weighted by atomic mass is 9.94. The number of H-pyrrole nitrogens is 1. The molecule has 6 nitrogen and oxygen atoms in total. The molecule has 168 valence electrons. The van der Waals surface area contributed by atoms with Crippen LogP contribution in [0.4, 0.5) is 11.4 Å². The van der Waals surface area contributed by atoms with Gasteiger partial charge >= 0.3 is 0 Å². The van der Waals surface area contributed by atoms with Crippen molar-refractivity contribution in [3.8, 4) is 0 Å². The zero-order chi connectivity index (χ0) is 21.9. The van der Waals surface area contributed by atoms with Crippen LogP contribution in [-0.4, -0.2) is 68.3 Å². The van der Waals surface area contributed by atoms with E-state index in [1.165, 1.54) is 22.2 Å². The molecule has 6 heteroatoms. The van der Waals surface area contributed by atoms with E-state index in [1.54, 1.807) is 7.11 Å². The number of fused-ring (bicyclic) bond motifs is 2. The number of para-hydroxylation sites is 1. The number of methoxy groups -OCH3 is 1. The third kappa shape index (κ3) is 4.12. The number of anilines is 2. The smallest absolute Gasteiger partial charge is 0.229 e. The number of carbonyl (C=O) groups is 1. The first kappa shape index (κ1) is 21.0. The van der Waals surface area contributed by atoms with E-state index in [2.05, 4.69) is 62.1 Å². The fourth-order valence-electron chi connectivity index (χ4n) is 5.24. The summed E-state index contributed by atoms with van der Waals surface area (Å²) >= 11 is 0. The Morgan fingerprint density at radius 1 is 1.03 bits per heavy atom.